The summed E-state index contributed by atoms with van der Waals surface area (Å²) in [6.07, 6.45) is 8.43. The summed E-state index contributed by atoms with van der Waals surface area (Å²) in [6, 6.07) is 7.26. The van der Waals surface area contributed by atoms with E-state index in [4.69, 9.17) is 5.73 Å². The molecule has 2 amide bonds. The maximum Gasteiger partial charge on any atom is 0.253 e. The van der Waals surface area contributed by atoms with E-state index in [9.17, 15) is 9.59 Å². The van der Waals surface area contributed by atoms with Gasteiger partial charge in [-0.15, -0.1) is 0 Å². The van der Waals surface area contributed by atoms with Gasteiger partial charge in [0.25, 0.3) is 5.91 Å². The monoisotopic (exact) mass is 357 g/mol. The van der Waals surface area contributed by atoms with Crippen molar-refractivity contribution in [1.82, 2.24) is 4.90 Å². The first-order valence-corrected chi connectivity index (χ1v) is 9.96. The molecule has 2 aliphatic rings. The van der Waals surface area contributed by atoms with Gasteiger partial charge in [-0.05, 0) is 56.9 Å². The van der Waals surface area contributed by atoms with E-state index in [1.54, 1.807) is 0 Å². The molecule has 2 atom stereocenters. The smallest absolute Gasteiger partial charge is 0.253 e. The van der Waals surface area contributed by atoms with Crippen molar-refractivity contribution in [2.45, 2.75) is 63.8 Å². The molecule has 5 heteroatoms. The largest absolute Gasteiger partial charge is 0.339 e. The summed E-state index contributed by atoms with van der Waals surface area (Å²) < 4.78 is 0. The van der Waals surface area contributed by atoms with E-state index in [2.05, 4.69) is 5.32 Å². The topological polar surface area (TPSA) is 75.4 Å². The molecule has 1 saturated heterocycles. The molecule has 3 N–H and O–H groups in total. The Bertz CT molecular complexity index is 631. The van der Waals surface area contributed by atoms with Crippen LogP contribution in [0, 0.1) is 5.92 Å². The third-order valence-corrected chi connectivity index (χ3v) is 5.86. The highest BCUT2D eigenvalue weighted by Crippen LogP contribution is 2.32. The Morgan fingerprint density at radius 3 is 2.31 bits per heavy atom. The van der Waals surface area contributed by atoms with Crippen LogP contribution >= 0.6 is 0 Å². The molecule has 0 bridgehead atoms. The molecule has 1 aliphatic carbocycles. The van der Waals surface area contributed by atoms with Crippen molar-refractivity contribution in [3.8, 4) is 0 Å². The van der Waals surface area contributed by atoms with Crippen LogP contribution in [0.5, 0.6) is 0 Å². The molecule has 0 radical (unpaired) electrons. The lowest BCUT2D eigenvalue weighted by atomic mass is 9.74. The molecule has 5 nitrogen and oxygen atoms in total. The van der Waals surface area contributed by atoms with Crippen molar-refractivity contribution < 1.29 is 9.59 Å². The van der Waals surface area contributed by atoms with Crippen molar-refractivity contribution in [2.75, 3.05) is 18.4 Å². The lowest BCUT2D eigenvalue weighted by Crippen LogP contribution is -2.51. The van der Waals surface area contributed by atoms with E-state index in [0.717, 1.165) is 57.3 Å². The minimum atomic E-state index is -0.439. The molecule has 2 unspecified atom stereocenters. The molecule has 1 aromatic carbocycles. The van der Waals surface area contributed by atoms with E-state index < -0.39 is 5.54 Å². The zero-order valence-electron chi connectivity index (χ0n) is 15.8. The predicted octanol–water partition coefficient (Wildman–Crippen LogP) is 3.55. The van der Waals surface area contributed by atoms with Gasteiger partial charge in [0.05, 0.1) is 5.92 Å². The van der Waals surface area contributed by atoms with Gasteiger partial charge in [-0.25, -0.2) is 0 Å². The molecular formula is C21H31N3O2. The van der Waals surface area contributed by atoms with Gasteiger partial charge in [0.2, 0.25) is 5.91 Å². The Balaban J connectivity index is 1.62. The summed E-state index contributed by atoms with van der Waals surface area (Å²) in [5.41, 5.74) is 7.30. The standard InChI is InChI=1S/C21H31N3O2/c1-21(22)13-5-4-8-18(21)19(25)23-17-11-9-16(10-12-17)20(26)24-14-6-2-3-7-15-24/h9-12,18H,2-8,13-15,22H2,1H3,(H,23,25). The van der Waals surface area contributed by atoms with Gasteiger partial charge in [-0.3, -0.25) is 9.59 Å². The first-order chi connectivity index (χ1) is 12.5. The van der Waals surface area contributed by atoms with Crippen molar-refractivity contribution in [3.63, 3.8) is 0 Å². The van der Waals surface area contributed by atoms with Gasteiger partial charge in [0.15, 0.2) is 0 Å². The van der Waals surface area contributed by atoms with Gasteiger partial charge >= 0.3 is 0 Å². The lowest BCUT2D eigenvalue weighted by molar-refractivity contribution is -0.122. The van der Waals surface area contributed by atoms with Crippen LogP contribution in [0.15, 0.2) is 24.3 Å². The number of carbonyl (C=O) groups excluding carboxylic acids is 2. The second-order valence-electron chi connectivity index (χ2n) is 8.08. The predicted molar refractivity (Wildman–Crippen MR) is 104 cm³/mol. The number of nitrogens with one attached hydrogen (secondary N) is 1. The molecule has 1 saturated carbocycles. The van der Waals surface area contributed by atoms with Crippen molar-refractivity contribution in [1.29, 1.82) is 0 Å². The van der Waals surface area contributed by atoms with E-state index >= 15 is 0 Å². The number of likely N-dealkylation sites (tertiary alicyclic amines) is 1. The van der Waals surface area contributed by atoms with Gasteiger partial charge in [-0.1, -0.05) is 25.7 Å². The van der Waals surface area contributed by atoms with Crippen LogP contribution in [0.25, 0.3) is 0 Å². The third-order valence-electron chi connectivity index (χ3n) is 5.86. The summed E-state index contributed by atoms with van der Waals surface area (Å²) in [5, 5.41) is 2.98. The highest BCUT2D eigenvalue weighted by atomic mass is 16.2. The Morgan fingerprint density at radius 2 is 1.69 bits per heavy atom. The SMILES string of the molecule is CC1(N)CCCCC1C(=O)Nc1ccc(C(=O)N2CCCCCC2)cc1. The molecule has 0 aromatic heterocycles. The van der Waals surface area contributed by atoms with Crippen molar-refractivity contribution in [3.05, 3.63) is 29.8 Å². The van der Waals surface area contributed by atoms with E-state index in [0.29, 0.717) is 5.56 Å². The summed E-state index contributed by atoms with van der Waals surface area (Å²) in [6.45, 7) is 3.65. The number of amides is 2. The number of hydrogen-bond donors (Lipinski definition) is 2. The second-order valence-corrected chi connectivity index (χ2v) is 8.08. The zero-order valence-corrected chi connectivity index (χ0v) is 15.8. The second kappa shape index (κ2) is 8.21. The van der Waals surface area contributed by atoms with Gasteiger partial charge in [0.1, 0.15) is 0 Å². The molecule has 142 valence electrons. The summed E-state index contributed by atoms with van der Waals surface area (Å²) in [7, 11) is 0. The summed E-state index contributed by atoms with van der Waals surface area (Å²) in [5.74, 6) is -0.0810. The lowest BCUT2D eigenvalue weighted by Gasteiger charge is -2.37. The molecule has 2 fully saturated rings. The first-order valence-electron chi connectivity index (χ1n) is 9.96. The third kappa shape index (κ3) is 4.44. The van der Waals surface area contributed by atoms with Crippen LogP contribution in [0.1, 0.15) is 68.6 Å². The fourth-order valence-corrected chi connectivity index (χ4v) is 4.17. The maximum atomic E-state index is 12.6. The highest BCUT2D eigenvalue weighted by molar-refractivity contribution is 5.96. The Hall–Kier alpha value is -1.88. The quantitative estimate of drug-likeness (QED) is 0.869. The Morgan fingerprint density at radius 1 is 1.04 bits per heavy atom. The molecule has 1 aliphatic heterocycles. The zero-order chi connectivity index (χ0) is 18.6. The molecule has 0 spiro atoms. The van der Waals surface area contributed by atoms with Crippen LogP contribution in [-0.2, 0) is 4.79 Å². The van der Waals surface area contributed by atoms with E-state index in [1.807, 2.05) is 36.1 Å². The number of nitrogens with two attached hydrogens (primary N) is 1. The number of hydrogen-bond acceptors (Lipinski definition) is 3. The summed E-state index contributed by atoms with van der Waals surface area (Å²) in [4.78, 5) is 27.2. The van der Waals surface area contributed by atoms with Crippen LogP contribution in [0.2, 0.25) is 0 Å². The highest BCUT2D eigenvalue weighted by Gasteiger charge is 2.37. The average Bonchev–Trinajstić information content (AvgIpc) is 2.90. The summed E-state index contributed by atoms with van der Waals surface area (Å²) >= 11 is 0. The van der Waals surface area contributed by atoms with Gasteiger partial charge in [-0.2, -0.15) is 0 Å². The van der Waals surface area contributed by atoms with Crippen LogP contribution in [-0.4, -0.2) is 35.3 Å². The minimum absolute atomic E-state index is 0.0127. The number of rotatable bonds is 3. The van der Waals surface area contributed by atoms with Crippen molar-refractivity contribution >= 4 is 17.5 Å². The maximum absolute atomic E-state index is 12.6. The van der Waals surface area contributed by atoms with Crippen molar-refractivity contribution in [2.24, 2.45) is 11.7 Å². The number of anilines is 1. The molecule has 1 heterocycles. The van der Waals surface area contributed by atoms with E-state index in [-0.39, 0.29) is 17.7 Å². The number of nitrogens with zero attached hydrogens (tertiary/aromatic N) is 1. The number of benzene rings is 1. The normalized spacial score (nSPS) is 26.8. The number of carbonyl (C=O) groups is 2. The Labute approximate surface area is 156 Å². The molecule has 26 heavy (non-hydrogen) atoms. The van der Waals surface area contributed by atoms with Crippen LogP contribution in [0.3, 0.4) is 0 Å². The van der Waals surface area contributed by atoms with Gasteiger partial charge < -0.3 is 16.0 Å². The molecule has 1 aromatic rings. The Kier molecular flexibility index (Phi) is 5.97. The fourth-order valence-electron chi connectivity index (χ4n) is 4.17. The molecular weight excluding hydrogens is 326 g/mol. The fraction of sp³-hybridized carbons (Fsp3) is 0.619. The minimum Gasteiger partial charge on any atom is -0.339 e. The molecule has 3 rings (SSSR count). The van der Waals surface area contributed by atoms with E-state index in [1.165, 1.54) is 12.8 Å². The average molecular weight is 357 g/mol. The first kappa shape index (κ1) is 18.9. The van der Waals surface area contributed by atoms with Crippen LogP contribution in [0.4, 0.5) is 5.69 Å². The van der Waals surface area contributed by atoms with Crippen LogP contribution < -0.4 is 11.1 Å². The van der Waals surface area contributed by atoms with Gasteiger partial charge in [0, 0.05) is 29.9 Å².